The molecule has 104 valence electrons. The highest BCUT2D eigenvalue weighted by molar-refractivity contribution is 7.41. The smallest absolute Gasteiger partial charge is 0.358 e. The molecular formula is C11H12FO6P. The van der Waals surface area contributed by atoms with E-state index in [9.17, 15) is 18.5 Å². The summed E-state index contributed by atoms with van der Waals surface area (Å²) in [5.41, 5.74) is 0. The van der Waals surface area contributed by atoms with E-state index in [1.165, 1.54) is 12.1 Å². The Bertz CT molecular complexity index is 486. The maximum absolute atomic E-state index is 12.7. The molecule has 8 heteroatoms. The van der Waals surface area contributed by atoms with Gasteiger partial charge in [-0.25, -0.2) is 9.18 Å². The number of hydrogen-bond acceptors (Lipinski definition) is 6. The summed E-state index contributed by atoms with van der Waals surface area (Å²) < 4.78 is 38.4. The predicted molar refractivity (Wildman–Crippen MR) is 63.6 cm³/mol. The van der Waals surface area contributed by atoms with E-state index in [0.29, 0.717) is 0 Å². The van der Waals surface area contributed by atoms with Gasteiger partial charge in [0.1, 0.15) is 11.6 Å². The number of rotatable bonds is 5. The minimum Gasteiger partial charge on any atom is -0.466 e. The first-order chi connectivity index (χ1) is 8.93. The SMILES string of the molecule is COC(=O)C(OC(C)=O)[PH](=O)Oc1ccc(F)cc1. The van der Waals surface area contributed by atoms with E-state index in [0.717, 1.165) is 26.2 Å². The molecule has 0 heterocycles. The molecule has 2 unspecified atom stereocenters. The Hall–Kier alpha value is -1.88. The Kier molecular flexibility index (Phi) is 5.51. The van der Waals surface area contributed by atoms with Crippen molar-refractivity contribution >= 4 is 20.0 Å². The molecule has 1 rings (SSSR count). The number of carbonyl (C=O) groups is 2. The van der Waals surface area contributed by atoms with Crippen LogP contribution in [-0.2, 0) is 23.6 Å². The highest BCUT2D eigenvalue weighted by Gasteiger charge is 2.30. The number of halogens is 1. The molecular weight excluding hydrogens is 278 g/mol. The van der Waals surface area contributed by atoms with Crippen molar-refractivity contribution < 1.29 is 32.5 Å². The van der Waals surface area contributed by atoms with Crippen molar-refractivity contribution in [2.24, 2.45) is 0 Å². The van der Waals surface area contributed by atoms with Gasteiger partial charge in [-0.2, -0.15) is 0 Å². The number of ether oxygens (including phenoxy) is 2. The second-order valence-corrected chi connectivity index (χ2v) is 4.75. The Morgan fingerprint density at radius 1 is 1.26 bits per heavy atom. The summed E-state index contributed by atoms with van der Waals surface area (Å²) in [6, 6.07) is 4.67. The summed E-state index contributed by atoms with van der Waals surface area (Å²) >= 11 is 0. The average molecular weight is 290 g/mol. The first kappa shape index (κ1) is 15.2. The van der Waals surface area contributed by atoms with Gasteiger partial charge in [0.2, 0.25) is 0 Å². The van der Waals surface area contributed by atoms with E-state index < -0.39 is 31.6 Å². The Labute approximate surface area is 109 Å². The number of hydrogen-bond donors (Lipinski definition) is 0. The van der Waals surface area contributed by atoms with Crippen molar-refractivity contribution in [3.63, 3.8) is 0 Å². The summed E-state index contributed by atoms with van der Waals surface area (Å²) in [6.07, 6.45) is 0. The topological polar surface area (TPSA) is 78.9 Å². The van der Waals surface area contributed by atoms with Gasteiger partial charge in [0.25, 0.3) is 13.9 Å². The molecule has 0 amide bonds. The lowest BCUT2D eigenvalue weighted by Gasteiger charge is -2.15. The highest BCUT2D eigenvalue weighted by Crippen LogP contribution is 2.33. The van der Waals surface area contributed by atoms with Gasteiger partial charge in [-0.3, -0.25) is 9.36 Å². The molecule has 1 aromatic rings. The molecule has 0 aromatic heterocycles. The van der Waals surface area contributed by atoms with Gasteiger partial charge in [-0.15, -0.1) is 0 Å². The maximum Gasteiger partial charge on any atom is 0.358 e. The minimum absolute atomic E-state index is 0.0892. The summed E-state index contributed by atoms with van der Waals surface area (Å²) in [5.74, 6) is -3.81. The molecule has 0 spiro atoms. The first-order valence-electron chi connectivity index (χ1n) is 5.16. The van der Waals surface area contributed by atoms with E-state index in [2.05, 4.69) is 9.47 Å². The minimum atomic E-state index is -3.09. The van der Waals surface area contributed by atoms with Crippen LogP contribution in [0.15, 0.2) is 24.3 Å². The molecule has 0 bridgehead atoms. The van der Waals surface area contributed by atoms with Crippen LogP contribution in [0.2, 0.25) is 0 Å². The van der Waals surface area contributed by atoms with E-state index in [1.807, 2.05) is 0 Å². The second kappa shape index (κ2) is 6.89. The van der Waals surface area contributed by atoms with Crippen LogP contribution in [-0.4, -0.2) is 24.9 Å². The fraction of sp³-hybridized carbons (Fsp3) is 0.273. The predicted octanol–water partition coefficient (Wildman–Crippen LogP) is 1.74. The third kappa shape index (κ3) is 4.71. The Morgan fingerprint density at radius 2 is 1.84 bits per heavy atom. The fourth-order valence-corrected chi connectivity index (χ4v) is 2.19. The third-order valence-electron chi connectivity index (χ3n) is 1.95. The van der Waals surface area contributed by atoms with Gasteiger partial charge in [0.15, 0.2) is 0 Å². The first-order valence-corrected chi connectivity index (χ1v) is 6.55. The van der Waals surface area contributed by atoms with Gasteiger partial charge >= 0.3 is 11.9 Å². The van der Waals surface area contributed by atoms with Crippen LogP contribution in [0.3, 0.4) is 0 Å². The summed E-state index contributed by atoms with van der Waals surface area (Å²) in [7, 11) is -2.03. The molecule has 0 saturated carbocycles. The van der Waals surface area contributed by atoms with Crippen molar-refractivity contribution in [2.45, 2.75) is 12.8 Å². The van der Waals surface area contributed by atoms with Crippen molar-refractivity contribution in [1.29, 1.82) is 0 Å². The molecule has 2 atom stereocenters. The zero-order valence-corrected chi connectivity index (χ0v) is 11.2. The van der Waals surface area contributed by atoms with Gasteiger partial charge < -0.3 is 14.0 Å². The number of benzene rings is 1. The fourth-order valence-electron chi connectivity index (χ4n) is 1.14. The summed E-state index contributed by atoms with van der Waals surface area (Å²) in [6.45, 7) is 1.06. The highest BCUT2D eigenvalue weighted by atomic mass is 31.1. The molecule has 0 fully saturated rings. The number of methoxy groups -OCH3 is 1. The van der Waals surface area contributed by atoms with Gasteiger partial charge in [0, 0.05) is 6.92 Å². The lowest BCUT2D eigenvalue weighted by molar-refractivity contribution is -0.159. The summed E-state index contributed by atoms with van der Waals surface area (Å²) in [5, 5.41) is 0. The van der Waals surface area contributed by atoms with Crippen LogP contribution < -0.4 is 4.52 Å². The lowest BCUT2D eigenvalue weighted by Crippen LogP contribution is -2.25. The normalized spacial score (nSPS) is 13.2. The van der Waals surface area contributed by atoms with E-state index >= 15 is 0 Å². The Morgan fingerprint density at radius 3 is 2.32 bits per heavy atom. The zero-order chi connectivity index (χ0) is 14.4. The lowest BCUT2D eigenvalue weighted by atomic mass is 10.3. The molecule has 0 aliphatic carbocycles. The van der Waals surface area contributed by atoms with Crippen LogP contribution in [0, 0.1) is 5.82 Å². The monoisotopic (exact) mass is 290 g/mol. The standard InChI is InChI=1S/C11H12FO6P/c1-7(13)17-11(10(14)16-2)19(15)18-9-5-3-8(12)4-6-9/h3-6,11,19H,1-2H3. The molecule has 0 N–H and O–H groups in total. The van der Waals surface area contributed by atoms with E-state index in [-0.39, 0.29) is 5.75 Å². The molecule has 1 aromatic carbocycles. The molecule has 6 nitrogen and oxygen atoms in total. The third-order valence-corrected chi connectivity index (χ3v) is 3.16. The van der Waals surface area contributed by atoms with Gasteiger partial charge in [-0.1, -0.05) is 0 Å². The molecule has 0 saturated heterocycles. The van der Waals surface area contributed by atoms with Crippen molar-refractivity contribution in [3.05, 3.63) is 30.1 Å². The van der Waals surface area contributed by atoms with E-state index in [4.69, 9.17) is 4.52 Å². The Balaban J connectivity index is 2.79. The molecule has 19 heavy (non-hydrogen) atoms. The van der Waals surface area contributed by atoms with E-state index in [1.54, 1.807) is 0 Å². The van der Waals surface area contributed by atoms with Crippen LogP contribution in [0.25, 0.3) is 0 Å². The van der Waals surface area contributed by atoms with Crippen LogP contribution >= 0.6 is 8.03 Å². The van der Waals surface area contributed by atoms with Crippen LogP contribution in [0.1, 0.15) is 6.92 Å². The largest absolute Gasteiger partial charge is 0.466 e. The van der Waals surface area contributed by atoms with Crippen LogP contribution in [0.5, 0.6) is 5.75 Å². The molecule has 0 aliphatic heterocycles. The molecule has 0 aliphatic rings. The van der Waals surface area contributed by atoms with Gasteiger partial charge in [-0.05, 0) is 24.3 Å². The number of esters is 2. The quantitative estimate of drug-likeness (QED) is 0.607. The maximum atomic E-state index is 12.7. The number of carbonyl (C=O) groups excluding carboxylic acids is 2. The average Bonchev–Trinajstić information content (AvgIpc) is 2.37. The van der Waals surface area contributed by atoms with Gasteiger partial charge in [0.05, 0.1) is 7.11 Å². The second-order valence-electron chi connectivity index (χ2n) is 3.39. The van der Waals surface area contributed by atoms with Crippen molar-refractivity contribution in [1.82, 2.24) is 0 Å². The molecule has 0 radical (unpaired) electrons. The zero-order valence-electron chi connectivity index (χ0n) is 10.2. The van der Waals surface area contributed by atoms with Crippen molar-refractivity contribution in [2.75, 3.05) is 7.11 Å². The summed E-state index contributed by atoms with van der Waals surface area (Å²) in [4.78, 5) is 22.1. The van der Waals surface area contributed by atoms with Crippen molar-refractivity contribution in [3.8, 4) is 5.75 Å². The van der Waals surface area contributed by atoms with Crippen LogP contribution in [0.4, 0.5) is 4.39 Å².